The van der Waals surface area contributed by atoms with Crippen LogP contribution in [0.25, 0.3) is 0 Å². The molecule has 0 aliphatic carbocycles. The predicted molar refractivity (Wildman–Crippen MR) is 89.1 cm³/mol. The van der Waals surface area contributed by atoms with Gasteiger partial charge in [0.1, 0.15) is 0 Å². The Labute approximate surface area is 139 Å². The molecule has 2 aromatic carbocycles. The standard InChI is InChI=1S/C19H20F3NO/c1-12(2)9-15-11-17(8-7-13(15)3)23-18(24)14-5-4-6-16(10-14)19(20,21)22/h4-8,10-12H,9H2,1-3H3,(H,23,24). The second-order valence-electron chi connectivity index (χ2n) is 6.27. The Morgan fingerprint density at radius 1 is 1.12 bits per heavy atom. The summed E-state index contributed by atoms with van der Waals surface area (Å²) in [6, 6.07) is 9.94. The van der Waals surface area contributed by atoms with E-state index < -0.39 is 17.6 Å². The Morgan fingerprint density at radius 2 is 1.83 bits per heavy atom. The SMILES string of the molecule is Cc1ccc(NC(=O)c2cccc(C(F)(F)F)c2)cc1CC(C)C. The van der Waals surface area contributed by atoms with Gasteiger partial charge in [0.2, 0.25) is 0 Å². The van der Waals surface area contributed by atoms with E-state index in [1.807, 2.05) is 19.1 Å². The van der Waals surface area contributed by atoms with Crippen LogP contribution in [0.5, 0.6) is 0 Å². The molecule has 1 N–H and O–H groups in total. The summed E-state index contributed by atoms with van der Waals surface area (Å²) in [5, 5.41) is 2.67. The summed E-state index contributed by atoms with van der Waals surface area (Å²) < 4.78 is 38.2. The summed E-state index contributed by atoms with van der Waals surface area (Å²) in [5.41, 5.74) is 1.97. The molecule has 0 radical (unpaired) electrons. The summed E-state index contributed by atoms with van der Waals surface area (Å²) in [6.07, 6.45) is -3.59. The fourth-order valence-corrected chi connectivity index (χ4v) is 2.45. The van der Waals surface area contributed by atoms with Crippen LogP contribution in [0.4, 0.5) is 18.9 Å². The molecule has 24 heavy (non-hydrogen) atoms. The number of halogens is 3. The molecule has 0 bridgehead atoms. The maximum Gasteiger partial charge on any atom is 0.416 e. The smallest absolute Gasteiger partial charge is 0.322 e. The fourth-order valence-electron chi connectivity index (χ4n) is 2.45. The Morgan fingerprint density at radius 3 is 2.46 bits per heavy atom. The normalized spacial score (nSPS) is 11.6. The summed E-state index contributed by atoms with van der Waals surface area (Å²) in [6.45, 7) is 6.21. The van der Waals surface area contributed by atoms with Crippen molar-refractivity contribution in [3.63, 3.8) is 0 Å². The molecule has 0 heterocycles. The van der Waals surface area contributed by atoms with Crippen molar-refractivity contribution in [2.45, 2.75) is 33.4 Å². The number of anilines is 1. The van der Waals surface area contributed by atoms with Gasteiger partial charge in [0.05, 0.1) is 5.56 Å². The molecule has 0 saturated heterocycles. The molecule has 1 amide bonds. The molecule has 0 aliphatic rings. The molecule has 0 unspecified atom stereocenters. The Hall–Kier alpha value is -2.30. The molecule has 2 rings (SSSR count). The van der Waals surface area contributed by atoms with Crippen molar-refractivity contribution in [2.24, 2.45) is 5.92 Å². The third kappa shape index (κ3) is 4.60. The Kier molecular flexibility index (Phi) is 5.32. The van der Waals surface area contributed by atoms with Crippen LogP contribution in [0.1, 0.15) is 40.9 Å². The molecule has 0 atom stereocenters. The van der Waals surface area contributed by atoms with Gasteiger partial charge in [0, 0.05) is 11.3 Å². The topological polar surface area (TPSA) is 29.1 Å². The summed E-state index contributed by atoms with van der Waals surface area (Å²) in [7, 11) is 0. The zero-order valence-electron chi connectivity index (χ0n) is 13.9. The number of alkyl halides is 3. The maximum atomic E-state index is 12.7. The van der Waals surface area contributed by atoms with Crippen molar-refractivity contribution < 1.29 is 18.0 Å². The molecular formula is C19H20F3NO. The Bertz CT molecular complexity index is 736. The molecule has 2 aromatic rings. The first-order chi connectivity index (χ1) is 11.2. The maximum absolute atomic E-state index is 12.7. The summed E-state index contributed by atoms with van der Waals surface area (Å²) in [4.78, 5) is 12.2. The van der Waals surface area contributed by atoms with Crippen LogP contribution < -0.4 is 5.32 Å². The third-order valence-corrected chi connectivity index (χ3v) is 3.69. The van der Waals surface area contributed by atoms with Gasteiger partial charge in [-0.05, 0) is 60.7 Å². The first-order valence-corrected chi connectivity index (χ1v) is 7.75. The highest BCUT2D eigenvalue weighted by molar-refractivity contribution is 6.04. The number of rotatable bonds is 4. The molecule has 2 nitrogen and oxygen atoms in total. The van der Waals surface area contributed by atoms with E-state index in [0.717, 1.165) is 29.7 Å². The zero-order chi connectivity index (χ0) is 17.9. The Balaban J connectivity index is 2.21. The fraction of sp³-hybridized carbons (Fsp3) is 0.316. The molecular weight excluding hydrogens is 315 g/mol. The lowest BCUT2D eigenvalue weighted by atomic mass is 9.98. The highest BCUT2D eigenvalue weighted by Gasteiger charge is 2.30. The quantitative estimate of drug-likeness (QED) is 0.789. The van der Waals surface area contributed by atoms with Crippen LogP contribution in [0, 0.1) is 12.8 Å². The van der Waals surface area contributed by atoms with E-state index in [0.29, 0.717) is 11.6 Å². The number of hydrogen-bond acceptors (Lipinski definition) is 1. The second kappa shape index (κ2) is 7.07. The minimum atomic E-state index is -4.47. The van der Waals surface area contributed by atoms with Crippen LogP contribution in [-0.4, -0.2) is 5.91 Å². The van der Waals surface area contributed by atoms with Crippen LogP contribution in [0.3, 0.4) is 0 Å². The van der Waals surface area contributed by atoms with Crippen LogP contribution >= 0.6 is 0 Å². The van der Waals surface area contributed by atoms with Gasteiger partial charge in [-0.3, -0.25) is 4.79 Å². The van der Waals surface area contributed by atoms with E-state index in [2.05, 4.69) is 19.2 Å². The number of benzene rings is 2. The minimum Gasteiger partial charge on any atom is -0.322 e. The van der Waals surface area contributed by atoms with Crippen molar-refractivity contribution in [3.8, 4) is 0 Å². The van der Waals surface area contributed by atoms with Crippen LogP contribution in [0.2, 0.25) is 0 Å². The molecule has 0 fully saturated rings. The van der Waals surface area contributed by atoms with Crippen molar-refractivity contribution in [2.75, 3.05) is 5.32 Å². The number of nitrogens with one attached hydrogen (secondary N) is 1. The van der Waals surface area contributed by atoms with Gasteiger partial charge < -0.3 is 5.32 Å². The van der Waals surface area contributed by atoms with Gasteiger partial charge in [-0.25, -0.2) is 0 Å². The van der Waals surface area contributed by atoms with Gasteiger partial charge in [0.25, 0.3) is 5.91 Å². The highest BCUT2D eigenvalue weighted by atomic mass is 19.4. The monoisotopic (exact) mass is 335 g/mol. The van der Waals surface area contributed by atoms with Gasteiger partial charge in [0.15, 0.2) is 0 Å². The number of aryl methyl sites for hydroxylation is 1. The van der Waals surface area contributed by atoms with Crippen molar-refractivity contribution >= 4 is 11.6 Å². The van der Waals surface area contributed by atoms with E-state index in [1.165, 1.54) is 12.1 Å². The molecule has 0 aromatic heterocycles. The number of hydrogen-bond donors (Lipinski definition) is 1. The number of carbonyl (C=O) groups excluding carboxylic acids is 1. The summed E-state index contributed by atoms with van der Waals surface area (Å²) >= 11 is 0. The van der Waals surface area contributed by atoms with E-state index in [9.17, 15) is 18.0 Å². The summed E-state index contributed by atoms with van der Waals surface area (Å²) in [5.74, 6) is -0.0847. The average molecular weight is 335 g/mol. The first-order valence-electron chi connectivity index (χ1n) is 7.75. The van der Waals surface area contributed by atoms with E-state index in [4.69, 9.17) is 0 Å². The van der Waals surface area contributed by atoms with Crippen molar-refractivity contribution in [1.29, 1.82) is 0 Å². The lowest BCUT2D eigenvalue weighted by Gasteiger charge is -2.13. The number of amides is 1. The van der Waals surface area contributed by atoms with E-state index >= 15 is 0 Å². The molecule has 0 saturated carbocycles. The van der Waals surface area contributed by atoms with Crippen molar-refractivity contribution in [1.82, 2.24) is 0 Å². The second-order valence-corrected chi connectivity index (χ2v) is 6.27. The first kappa shape index (κ1) is 18.0. The van der Waals surface area contributed by atoms with E-state index in [-0.39, 0.29) is 5.56 Å². The largest absolute Gasteiger partial charge is 0.416 e. The molecule has 128 valence electrons. The lowest BCUT2D eigenvalue weighted by molar-refractivity contribution is -0.137. The van der Waals surface area contributed by atoms with Crippen LogP contribution in [0.15, 0.2) is 42.5 Å². The van der Waals surface area contributed by atoms with Crippen molar-refractivity contribution in [3.05, 3.63) is 64.7 Å². The van der Waals surface area contributed by atoms with Crippen LogP contribution in [-0.2, 0) is 12.6 Å². The zero-order valence-corrected chi connectivity index (χ0v) is 13.9. The van der Waals surface area contributed by atoms with Gasteiger partial charge in [-0.15, -0.1) is 0 Å². The molecule has 5 heteroatoms. The number of carbonyl (C=O) groups is 1. The highest BCUT2D eigenvalue weighted by Crippen LogP contribution is 2.29. The lowest BCUT2D eigenvalue weighted by Crippen LogP contribution is -2.14. The average Bonchev–Trinajstić information content (AvgIpc) is 2.49. The molecule has 0 aliphatic heterocycles. The third-order valence-electron chi connectivity index (χ3n) is 3.69. The predicted octanol–water partition coefficient (Wildman–Crippen LogP) is 5.46. The van der Waals surface area contributed by atoms with Gasteiger partial charge >= 0.3 is 6.18 Å². The minimum absolute atomic E-state index is 0.0178. The molecule has 0 spiro atoms. The van der Waals surface area contributed by atoms with Gasteiger partial charge in [-0.2, -0.15) is 13.2 Å². The van der Waals surface area contributed by atoms with Gasteiger partial charge in [-0.1, -0.05) is 26.0 Å². The van der Waals surface area contributed by atoms with E-state index in [1.54, 1.807) is 6.07 Å².